The highest BCUT2D eigenvalue weighted by Crippen LogP contribution is 2.20. The summed E-state index contributed by atoms with van der Waals surface area (Å²) >= 11 is 2.15. The van der Waals surface area contributed by atoms with Gasteiger partial charge in [0.25, 0.3) is 0 Å². The maximum atomic E-state index is 11.3. The summed E-state index contributed by atoms with van der Waals surface area (Å²) in [6.45, 7) is 0. The Balaban J connectivity index is 2.64. The lowest BCUT2D eigenvalue weighted by molar-refractivity contribution is 0.0601. The number of aromatic nitrogens is 2. The number of esters is 1. The van der Waals surface area contributed by atoms with Crippen LogP contribution in [0.5, 0.6) is 0 Å². The number of nitrogens with one attached hydrogen (secondary N) is 1. The van der Waals surface area contributed by atoms with Crippen LogP contribution in [0.1, 0.15) is 10.4 Å². The van der Waals surface area contributed by atoms with Gasteiger partial charge < -0.3 is 4.74 Å². The van der Waals surface area contributed by atoms with Crippen molar-refractivity contribution in [3.63, 3.8) is 0 Å². The molecule has 0 atom stereocenters. The first-order chi connectivity index (χ1) is 6.72. The van der Waals surface area contributed by atoms with E-state index < -0.39 is 0 Å². The Morgan fingerprint density at radius 2 is 2.36 bits per heavy atom. The standard InChI is InChI=1S/C9H7IN2O2/c1-14-9(13)5-2-6-4-11-12-8(6)7(10)3-5/h2-4H,1H3,(H,11,12). The molecule has 0 bridgehead atoms. The van der Waals surface area contributed by atoms with Crippen LogP contribution in [-0.4, -0.2) is 23.3 Å². The molecule has 14 heavy (non-hydrogen) atoms. The molecule has 0 aliphatic rings. The number of hydrogen-bond acceptors (Lipinski definition) is 3. The van der Waals surface area contributed by atoms with E-state index in [0.29, 0.717) is 5.56 Å². The molecule has 0 fully saturated rings. The fourth-order valence-corrected chi connectivity index (χ4v) is 2.02. The molecule has 1 aromatic carbocycles. The number of halogens is 1. The van der Waals surface area contributed by atoms with Crippen molar-refractivity contribution in [1.82, 2.24) is 10.2 Å². The van der Waals surface area contributed by atoms with Crippen molar-refractivity contribution < 1.29 is 9.53 Å². The van der Waals surface area contributed by atoms with Gasteiger partial charge in [0.2, 0.25) is 0 Å². The minimum absolute atomic E-state index is 0.328. The highest BCUT2D eigenvalue weighted by molar-refractivity contribution is 14.1. The number of methoxy groups -OCH3 is 1. The molecule has 4 nitrogen and oxygen atoms in total. The Hall–Kier alpha value is -1.11. The largest absolute Gasteiger partial charge is 0.465 e. The van der Waals surface area contributed by atoms with Crippen molar-refractivity contribution in [2.75, 3.05) is 7.11 Å². The third-order valence-corrected chi connectivity index (χ3v) is 2.77. The number of benzene rings is 1. The Morgan fingerprint density at radius 1 is 1.57 bits per heavy atom. The smallest absolute Gasteiger partial charge is 0.337 e. The van der Waals surface area contributed by atoms with Gasteiger partial charge in [0, 0.05) is 8.96 Å². The minimum Gasteiger partial charge on any atom is -0.465 e. The average molecular weight is 302 g/mol. The zero-order valence-corrected chi connectivity index (χ0v) is 9.53. The maximum Gasteiger partial charge on any atom is 0.337 e. The average Bonchev–Trinajstić information content (AvgIpc) is 2.64. The van der Waals surface area contributed by atoms with Crippen LogP contribution in [0.25, 0.3) is 10.9 Å². The molecule has 0 saturated heterocycles. The highest BCUT2D eigenvalue weighted by atomic mass is 127. The number of rotatable bonds is 1. The molecule has 72 valence electrons. The molecular weight excluding hydrogens is 295 g/mol. The maximum absolute atomic E-state index is 11.3. The van der Waals surface area contributed by atoms with Crippen LogP contribution in [0, 0.1) is 3.57 Å². The van der Waals surface area contributed by atoms with E-state index in [1.165, 1.54) is 7.11 Å². The summed E-state index contributed by atoms with van der Waals surface area (Å²) in [6.07, 6.45) is 1.68. The van der Waals surface area contributed by atoms with E-state index in [0.717, 1.165) is 14.5 Å². The molecule has 0 aliphatic heterocycles. The van der Waals surface area contributed by atoms with Gasteiger partial charge in [-0.05, 0) is 34.7 Å². The molecule has 0 saturated carbocycles. The summed E-state index contributed by atoms with van der Waals surface area (Å²) in [7, 11) is 1.37. The van der Waals surface area contributed by atoms with Gasteiger partial charge in [-0.15, -0.1) is 0 Å². The van der Waals surface area contributed by atoms with E-state index >= 15 is 0 Å². The third kappa shape index (κ3) is 1.47. The quantitative estimate of drug-likeness (QED) is 0.647. The third-order valence-electron chi connectivity index (χ3n) is 1.92. The Bertz CT molecular complexity index is 493. The van der Waals surface area contributed by atoms with Gasteiger partial charge in [-0.1, -0.05) is 0 Å². The number of aromatic amines is 1. The Morgan fingerprint density at radius 3 is 3.07 bits per heavy atom. The predicted octanol–water partition coefficient (Wildman–Crippen LogP) is 1.95. The summed E-state index contributed by atoms with van der Waals surface area (Å²) in [4.78, 5) is 11.3. The zero-order chi connectivity index (χ0) is 10.1. The van der Waals surface area contributed by atoms with E-state index in [1.807, 2.05) is 0 Å². The van der Waals surface area contributed by atoms with Crippen LogP contribution in [0.3, 0.4) is 0 Å². The fourth-order valence-electron chi connectivity index (χ4n) is 1.25. The Kier molecular flexibility index (Phi) is 2.40. The number of hydrogen-bond donors (Lipinski definition) is 1. The van der Waals surface area contributed by atoms with Crippen LogP contribution in [0.4, 0.5) is 0 Å². The van der Waals surface area contributed by atoms with Gasteiger partial charge in [0.1, 0.15) is 0 Å². The topological polar surface area (TPSA) is 55.0 Å². The molecular formula is C9H7IN2O2. The fraction of sp³-hybridized carbons (Fsp3) is 0.111. The lowest BCUT2D eigenvalue weighted by atomic mass is 10.2. The molecule has 0 amide bonds. The lowest BCUT2D eigenvalue weighted by Crippen LogP contribution is -2.01. The molecule has 1 N–H and O–H groups in total. The van der Waals surface area contributed by atoms with Crippen molar-refractivity contribution in [2.24, 2.45) is 0 Å². The number of ether oxygens (including phenoxy) is 1. The van der Waals surface area contributed by atoms with Gasteiger partial charge >= 0.3 is 5.97 Å². The predicted molar refractivity (Wildman–Crippen MR) is 60.2 cm³/mol. The summed E-state index contributed by atoms with van der Waals surface area (Å²) in [5.74, 6) is -0.328. The second-order valence-corrected chi connectivity index (χ2v) is 3.95. The molecule has 2 aromatic rings. The highest BCUT2D eigenvalue weighted by Gasteiger charge is 2.09. The van der Waals surface area contributed by atoms with E-state index in [-0.39, 0.29) is 5.97 Å². The number of nitrogens with zero attached hydrogens (tertiary/aromatic N) is 1. The van der Waals surface area contributed by atoms with Gasteiger partial charge in [-0.2, -0.15) is 5.10 Å². The van der Waals surface area contributed by atoms with E-state index in [2.05, 4.69) is 37.5 Å². The van der Waals surface area contributed by atoms with Crippen molar-refractivity contribution in [1.29, 1.82) is 0 Å². The summed E-state index contributed by atoms with van der Waals surface area (Å²) in [5.41, 5.74) is 1.49. The van der Waals surface area contributed by atoms with Crippen LogP contribution in [0.15, 0.2) is 18.3 Å². The van der Waals surface area contributed by atoms with Gasteiger partial charge in [0.15, 0.2) is 0 Å². The molecule has 2 rings (SSSR count). The second kappa shape index (κ2) is 3.56. The van der Waals surface area contributed by atoms with Crippen LogP contribution < -0.4 is 0 Å². The van der Waals surface area contributed by atoms with Crippen LogP contribution >= 0.6 is 22.6 Å². The first-order valence-electron chi connectivity index (χ1n) is 3.93. The number of carbonyl (C=O) groups is 1. The molecule has 0 aliphatic carbocycles. The number of carbonyl (C=O) groups excluding carboxylic acids is 1. The lowest BCUT2D eigenvalue weighted by Gasteiger charge is -2.00. The van der Waals surface area contributed by atoms with E-state index in [1.54, 1.807) is 18.3 Å². The minimum atomic E-state index is -0.328. The second-order valence-electron chi connectivity index (χ2n) is 2.78. The van der Waals surface area contributed by atoms with E-state index in [4.69, 9.17) is 0 Å². The van der Waals surface area contributed by atoms with Gasteiger partial charge in [-0.3, -0.25) is 5.10 Å². The molecule has 5 heteroatoms. The SMILES string of the molecule is COC(=O)c1cc(I)c2[nH]ncc2c1. The van der Waals surface area contributed by atoms with Crippen LogP contribution in [0.2, 0.25) is 0 Å². The normalized spacial score (nSPS) is 10.4. The van der Waals surface area contributed by atoms with E-state index in [9.17, 15) is 4.79 Å². The summed E-state index contributed by atoms with van der Waals surface area (Å²) in [5, 5.41) is 7.68. The number of fused-ring (bicyclic) bond motifs is 1. The number of H-pyrrole nitrogens is 1. The molecule has 1 aromatic heterocycles. The van der Waals surface area contributed by atoms with Crippen molar-refractivity contribution in [2.45, 2.75) is 0 Å². The molecule has 0 radical (unpaired) electrons. The van der Waals surface area contributed by atoms with Crippen molar-refractivity contribution in [3.05, 3.63) is 27.5 Å². The summed E-state index contributed by atoms with van der Waals surface area (Å²) in [6, 6.07) is 3.53. The van der Waals surface area contributed by atoms with Gasteiger partial charge in [-0.25, -0.2) is 4.79 Å². The summed E-state index contributed by atoms with van der Waals surface area (Å²) < 4.78 is 5.60. The van der Waals surface area contributed by atoms with Gasteiger partial charge in [0.05, 0.1) is 24.4 Å². The van der Waals surface area contributed by atoms with Crippen LogP contribution in [-0.2, 0) is 4.74 Å². The molecule has 0 spiro atoms. The monoisotopic (exact) mass is 302 g/mol. The molecule has 1 heterocycles. The first-order valence-corrected chi connectivity index (χ1v) is 5.01. The van der Waals surface area contributed by atoms with Crippen molar-refractivity contribution in [3.8, 4) is 0 Å². The van der Waals surface area contributed by atoms with Crippen molar-refractivity contribution >= 4 is 39.5 Å². The Labute approximate surface area is 93.8 Å². The molecule has 0 unspecified atom stereocenters. The zero-order valence-electron chi connectivity index (χ0n) is 7.37. The first kappa shape index (κ1) is 9.45.